The number of carbonyl (C=O) groups excluding carboxylic acids is 1. The van der Waals surface area contributed by atoms with Crippen molar-refractivity contribution in [2.45, 2.75) is 44.8 Å². The van der Waals surface area contributed by atoms with Crippen molar-refractivity contribution in [1.29, 1.82) is 0 Å². The molecule has 1 fully saturated rings. The van der Waals surface area contributed by atoms with Crippen LogP contribution in [0.4, 0.5) is 0 Å². The molecule has 1 saturated heterocycles. The van der Waals surface area contributed by atoms with Crippen LogP contribution in [0.2, 0.25) is 0 Å². The Balaban J connectivity index is 1.42. The third-order valence-electron chi connectivity index (χ3n) is 5.76. The van der Waals surface area contributed by atoms with E-state index in [9.17, 15) is 13.2 Å². The van der Waals surface area contributed by atoms with Gasteiger partial charge in [0.1, 0.15) is 12.4 Å². The molecule has 1 aliphatic rings. The van der Waals surface area contributed by atoms with Gasteiger partial charge in [-0.2, -0.15) is 0 Å². The maximum atomic E-state index is 12.7. The standard InChI is InChI=1S/C25H34N2O4S/c1-25(2,3)22-11-7-8-12-23(22)31-18-15-26-24(28)21-13-16-27(17-14-21)32(29,30)19-20-9-5-4-6-10-20/h4-12,21H,13-19H2,1-3H3,(H,26,28). The number of para-hydroxylation sites is 1. The topological polar surface area (TPSA) is 75.7 Å². The van der Waals surface area contributed by atoms with Gasteiger partial charge in [0.05, 0.1) is 12.3 Å². The smallest absolute Gasteiger partial charge is 0.223 e. The first-order valence-electron chi connectivity index (χ1n) is 11.2. The second-order valence-corrected chi connectivity index (χ2v) is 11.3. The SMILES string of the molecule is CC(C)(C)c1ccccc1OCCNC(=O)C1CCN(S(=O)(=O)Cc2ccccc2)CC1. The molecule has 0 unspecified atom stereocenters. The molecular weight excluding hydrogens is 424 g/mol. The van der Waals surface area contributed by atoms with Crippen LogP contribution in [-0.2, 0) is 26.0 Å². The molecule has 32 heavy (non-hydrogen) atoms. The maximum absolute atomic E-state index is 12.7. The molecule has 174 valence electrons. The number of hydrogen-bond acceptors (Lipinski definition) is 4. The summed E-state index contributed by atoms with van der Waals surface area (Å²) in [7, 11) is -3.37. The van der Waals surface area contributed by atoms with Crippen LogP contribution in [0.3, 0.4) is 0 Å². The van der Waals surface area contributed by atoms with E-state index in [0.29, 0.717) is 39.1 Å². The summed E-state index contributed by atoms with van der Waals surface area (Å²) >= 11 is 0. The minimum absolute atomic E-state index is 0.00190. The zero-order chi connectivity index (χ0) is 23.2. The van der Waals surface area contributed by atoms with Crippen LogP contribution >= 0.6 is 0 Å². The zero-order valence-corrected chi connectivity index (χ0v) is 20.0. The van der Waals surface area contributed by atoms with Crippen LogP contribution in [0.15, 0.2) is 54.6 Å². The molecule has 6 nitrogen and oxygen atoms in total. The van der Waals surface area contributed by atoms with Gasteiger partial charge in [-0.25, -0.2) is 12.7 Å². The molecule has 0 aromatic heterocycles. The summed E-state index contributed by atoms with van der Waals surface area (Å²) in [6, 6.07) is 17.2. The minimum atomic E-state index is -3.37. The van der Waals surface area contributed by atoms with Gasteiger partial charge >= 0.3 is 0 Å². The molecule has 2 aromatic rings. The molecule has 0 radical (unpaired) electrons. The maximum Gasteiger partial charge on any atom is 0.223 e. The summed E-state index contributed by atoms with van der Waals surface area (Å²) in [6.45, 7) is 7.99. The largest absolute Gasteiger partial charge is 0.491 e. The van der Waals surface area contributed by atoms with Gasteiger partial charge in [-0.05, 0) is 35.4 Å². The molecule has 2 aromatic carbocycles. The van der Waals surface area contributed by atoms with Crippen LogP contribution < -0.4 is 10.1 Å². The Morgan fingerprint density at radius 2 is 1.66 bits per heavy atom. The fourth-order valence-electron chi connectivity index (χ4n) is 3.96. The predicted molar refractivity (Wildman–Crippen MR) is 127 cm³/mol. The van der Waals surface area contributed by atoms with Crippen LogP contribution in [0, 0.1) is 5.92 Å². The highest BCUT2D eigenvalue weighted by atomic mass is 32.2. The molecule has 0 bridgehead atoms. The molecule has 3 rings (SSSR count). The summed E-state index contributed by atoms with van der Waals surface area (Å²) in [5.74, 6) is 0.641. The first-order chi connectivity index (χ1) is 15.2. The molecule has 1 heterocycles. The Morgan fingerprint density at radius 3 is 2.31 bits per heavy atom. The molecule has 0 saturated carbocycles. The lowest BCUT2D eigenvalue weighted by Crippen LogP contribution is -2.43. The van der Waals surface area contributed by atoms with E-state index in [1.807, 2.05) is 48.5 Å². The van der Waals surface area contributed by atoms with Crippen LogP contribution in [0.5, 0.6) is 5.75 Å². The van der Waals surface area contributed by atoms with Gasteiger partial charge in [-0.3, -0.25) is 4.79 Å². The van der Waals surface area contributed by atoms with Gasteiger partial charge in [0, 0.05) is 19.0 Å². The monoisotopic (exact) mass is 458 g/mol. The van der Waals surface area contributed by atoms with Crippen LogP contribution in [-0.4, -0.2) is 44.9 Å². The Hall–Kier alpha value is -2.38. The second-order valence-electron chi connectivity index (χ2n) is 9.30. The number of carbonyl (C=O) groups is 1. The summed E-state index contributed by atoms with van der Waals surface area (Å²) < 4.78 is 32.8. The molecular formula is C25H34N2O4S. The van der Waals surface area contributed by atoms with E-state index in [1.165, 1.54) is 4.31 Å². The fraction of sp³-hybridized carbons (Fsp3) is 0.480. The number of nitrogens with zero attached hydrogens (tertiary/aromatic N) is 1. The van der Waals surface area contributed by atoms with Gasteiger partial charge in [0.2, 0.25) is 15.9 Å². The number of hydrogen-bond donors (Lipinski definition) is 1. The van der Waals surface area contributed by atoms with Crippen molar-refractivity contribution in [3.05, 3.63) is 65.7 Å². The number of rotatable bonds is 8. The van der Waals surface area contributed by atoms with Gasteiger partial charge < -0.3 is 10.1 Å². The lowest BCUT2D eigenvalue weighted by molar-refractivity contribution is -0.126. The van der Waals surface area contributed by atoms with Crippen molar-refractivity contribution in [2.24, 2.45) is 5.92 Å². The molecule has 1 N–H and O–H groups in total. The van der Waals surface area contributed by atoms with E-state index in [1.54, 1.807) is 0 Å². The quantitative estimate of drug-likeness (QED) is 0.612. The van der Waals surface area contributed by atoms with E-state index in [-0.39, 0.29) is 23.0 Å². The van der Waals surface area contributed by atoms with Gasteiger partial charge in [0.15, 0.2) is 0 Å². The number of piperidine rings is 1. The van der Waals surface area contributed by atoms with Crippen molar-refractivity contribution < 1.29 is 17.9 Å². The molecule has 0 atom stereocenters. The number of nitrogens with one attached hydrogen (secondary N) is 1. The number of ether oxygens (including phenoxy) is 1. The summed E-state index contributed by atoms with van der Waals surface area (Å²) in [5.41, 5.74) is 1.89. The van der Waals surface area contributed by atoms with Crippen LogP contribution in [0.25, 0.3) is 0 Å². The minimum Gasteiger partial charge on any atom is -0.491 e. The average Bonchev–Trinajstić information content (AvgIpc) is 2.76. The molecule has 0 aliphatic carbocycles. The van der Waals surface area contributed by atoms with E-state index >= 15 is 0 Å². The van der Waals surface area contributed by atoms with Crippen molar-refractivity contribution >= 4 is 15.9 Å². The predicted octanol–water partition coefficient (Wildman–Crippen LogP) is 3.72. The van der Waals surface area contributed by atoms with Crippen molar-refractivity contribution in [3.63, 3.8) is 0 Å². The van der Waals surface area contributed by atoms with Gasteiger partial charge in [-0.1, -0.05) is 69.3 Å². The Labute approximate surface area is 192 Å². The summed E-state index contributed by atoms with van der Waals surface area (Å²) in [4.78, 5) is 12.5. The third-order valence-corrected chi connectivity index (χ3v) is 7.61. The first kappa shape index (κ1) is 24.3. The van der Waals surface area contributed by atoms with E-state index in [0.717, 1.165) is 16.9 Å². The summed E-state index contributed by atoms with van der Waals surface area (Å²) in [5, 5.41) is 2.94. The van der Waals surface area contributed by atoms with E-state index in [2.05, 4.69) is 32.2 Å². The van der Waals surface area contributed by atoms with E-state index < -0.39 is 10.0 Å². The average molecular weight is 459 g/mol. The van der Waals surface area contributed by atoms with Gasteiger partial charge in [-0.15, -0.1) is 0 Å². The highest BCUT2D eigenvalue weighted by Gasteiger charge is 2.31. The Morgan fingerprint density at radius 1 is 1.03 bits per heavy atom. The van der Waals surface area contributed by atoms with E-state index in [4.69, 9.17) is 4.74 Å². The van der Waals surface area contributed by atoms with Crippen molar-refractivity contribution in [2.75, 3.05) is 26.2 Å². The fourth-order valence-corrected chi connectivity index (χ4v) is 5.53. The van der Waals surface area contributed by atoms with Crippen molar-refractivity contribution in [1.82, 2.24) is 9.62 Å². The lowest BCUT2D eigenvalue weighted by atomic mass is 9.86. The van der Waals surface area contributed by atoms with Crippen molar-refractivity contribution in [3.8, 4) is 5.75 Å². The highest BCUT2D eigenvalue weighted by Crippen LogP contribution is 2.30. The molecule has 7 heteroatoms. The molecule has 1 amide bonds. The highest BCUT2D eigenvalue weighted by molar-refractivity contribution is 7.88. The second kappa shape index (κ2) is 10.5. The first-order valence-corrected chi connectivity index (χ1v) is 12.8. The zero-order valence-electron chi connectivity index (χ0n) is 19.2. The molecule has 0 spiro atoms. The number of amides is 1. The number of benzene rings is 2. The Bertz CT molecular complexity index is 992. The molecule has 1 aliphatic heterocycles. The normalized spacial score (nSPS) is 16.0. The van der Waals surface area contributed by atoms with Crippen LogP contribution in [0.1, 0.15) is 44.7 Å². The third kappa shape index (κ3) is 6.56. The Kier molecular flexibility index (Phi) is 7.96. The summed E-state index contributed by atoms with van der Waals surface area (Å²) in [6.07, 6.45) is 1.07. The lowest BCUT2D eigenvalue weighted by Gasteiger charge is -2.30. The number of sulfonamides is 1. The van der Waals surface area contributed by atoms with Gasteiger partial charge in [0.25, 0.3) is 0 Å².